The lowest BCUT2D eigenvalue weighted by molar-refractivity contribution is 0.780. The van der Waals surface area contributed by atoms with Gasteiger partial charge in [0.15, 0.2) is 0 Å². The van der Waals surface area contributed by atoms with E-state index in [1.54, 1.807) is 19.2 Å². The van der Waals surface area contributed by atoms with E-state index in [1.807, 2.05) is 6.07 Å². The molecule has 0 saturated heterocycles. The number of nitrogens with two attached hydrogens (primary N) is 1. The van der Waals surface area contributed by atoms with Gasteiger partial charge in [0.1, 0.15) is 11.8 Å². The van der Waals surface area contributed by atoms with Crippen LogP contribution in [0.1, 0.15) is 5.56 Å². The number of anilines is 1. The van der Waals surface area contributed by atoms with Gasteiger partial charge in [0.05, 0.1) is 5.56 Å². The number of hydrogen-bond donors (Lipinski definition) is 1. The fraction of sp³-hybridized carbons (Fsp3) is 0.111. The van der Waals surface area contributed by atoms with Crippen molar-refractivity contribution in [3.8, 4) is 17.6 Å². The van der Waals surface area contributed by atoms with Crippen molar-refractivity contribution in [1.82, 2.24) is 19.7 Å². The van der Waals surface area contributed by atoms with Crippen molar-refractivity contribution in [3.05, 3.63) is 23.9 Å². The average Bonchev–Trinajstić information content (AvgIpc) is 2.59. The van der Waals surface area contributed by atoms with Crippen LogP contribution in [0.4, 0.5) is 5.95 Å². The molecule has 15 heavy (non-hydrogen) atoms. The van der Waals surface area contributed by atoms with Crippen LogP contribution in [0, 0.1) is 11.3 Å². The normalized spacial score (nSPS) is 9.87. The third-order valence-corrected chi connectivity index (χ3v) is 1.92. The third-order valence-electron chi connectivity index (χ3n) is 1.92. The predicted octanol–water partition coefficient (Wildman–Crippen LogP) is 0.331. The molecule has 0 saturated carbocycles. The minimum Gasteiger partial charge on any atom is -0.368 e. The number of nitrogens with zero attached hydrogens (tertiary/aromatic N) is 5. The Kier molecular flexibility index (Phi) is 2.06. The van der Waals surface area contributed by atoms with E-state index >= 15 is 0 Å². The zero-order valence-corrected chi connectivity index (χ0v) is 8.05. The Morgan fingerprint density at radius 1 is 1.47 bits per heavy atom. The van der Waals surface area contributed by atoms with Crippen LogP contribution < -0.4 is 5.73 Å². The minimum atomic E-state index is 0.330. The third kappa shape index (κ3) is 1.62. The number of rotatable bonds is 1. The summed E-state index contributed by atoms with van der Waals surface area (Å²) >= 11 is 0. The molecule has 2 aromatic heterocycles. The maximum absolute atomic E-state index is 8.60. The summed E-state index contributed by atoms with van der Waals surface area (Å²) in [7, 11) is 1.70. The number of aromatic nitrogens is 4. The molecule has 74 valence electrons. The van der Waals surface area contributed by atoms with Crippen LogP contribution in [0.5, 0.6) is 0 Å². The Morgan fingerprint density at radius 2 is 2.27 bits per heavy atom. The van der Waals surface area contributed by atoms with Crippen molar-refractivity contribution < 1.29 is 0 Å². The molecule has 0 spiro atoms. The number of pyridine rings is 1. The van der Waals surface area contributed by atoms with Crippen LogP contribution in [-0.4, -0.2) is 19.7 Å². The van der Waals surface area contributed by atoms with E-state index in [2.05, 4.69) is 15.1 Å². The average molecular weight is 200 g/mol. The van der Waals surface area contributed by atoms with E-state index in [9.17, 15) is 0 Å². The van der Waals surface area contributed by atoms with E-state index < -0.39 is 0 Å². The Labute approximate surface area is 86.0 Å². The molecule has 2 N–H and O–H groups in total. The van der Waals surface area contributed by atoms with Crippen LogP contribution in [0.2, 0.25) is 0 Å². The van der Waals surface area contributed by atoms with Crippen molar-refractivity contribution in [2.75, 3.05) is 5.73 Å². The second kappa shape index (κ2) is 3.38. The summed E-state index contributed by atoms with van der Waals surface area (Å²) in [5.74, 6) is 0.788. The molecule has 0 unspecified atom stereocenters. The highest BCUT2D eigenvalue weighted by Gasteiger charge is 2.07. The van der Waals surface area contributed by atoms with E-state index in [1.165, 1.54) is 10.9 Å². The lowest BCUT2D eigenvalue weighted by Crippen LogP contribution is -1.97. The molecule has 6 nitrogen and oxygen atoms in total. The van der Waals surface area contributed by atoms with E-state index in [0.29, 0.717) is 23.0 Å². The van der Waals surface area contributed by atoms with Gasteiger partial charge in [0, 0.05) is 13.2 Å². The van der Waals surface area contributed by atoms with E-state index in [0.717, 1.165) is 0 Å². The van der Waals surface area contributed by atoms with E-state index in [-0.39, 0.29) is 0 Å². The van der Waals surface area contributed by atoms with Gasteiger partial charge >= 0.3 is 0 Å². The molecule has 0 radical (unpaired) electrons. The lowest BCUT2D eigenvalue weighted by atomic mass is 10.2. The molecule has 0 fully saturated rings. The molecular weight excluding hydrogens is 192 g/mol. The summed E-state index contributed by atoms with van der Waals surface area (Å²) in [6, 6.07) is 5.34. The Hall–Kier alpha value is -2.42. The molecule has 2 aromatic rings. The maximum atomic E-state index is 8.60. The quantitative estimate of drug-likeness (QED) is 0.715. The molecule has 6 heteroatoms. The van der Waals surface area contributed by atoms with Crippen LogP contribution in [0.25, 0.3) is 11.5 Å². The van der Waals surface area contributed by atoms with Crippen molar-refractivity contribution in [3.63, 3.8) is 0 Å². The molecular formula is C9H8N6. The fourth-order valence-corrected chi connectivity index (χ4v) is 1.10. The number of nitriles is 1. The molecule has 0 aromatic carbocycles. The maximum Gasteiger partial charge on any atom is 0.218 e. The van der Waals surface area contributed by atoms with Gasteiger partial charge in [-0.15, -0.1) is 5.10 Å². The van der Waals surface area contributed by atoms with Crippen molar-refractivity contribution in [1.29, 1.82) is 5.26 Å². The fourth-order valence-electron chi connectivity index (χ4n) is 1.10. The van der Waals surface area contributed by atoms with Gasteiger partial charge in [0.25, 0.3) is 0 Å². The summed E-state index contributed by atoms with van der Waals surface area (Å²) in [5.41, 5.74) is 6.64. The molecule has 0 amide bonds. The van der Waals surface area contributed by atoms with Gasteiger partial charge in [-0.1, -0.05) is 0 Å². The second-order valence-corrected chi connectivity index (χ2v) is 2.96. The lowest BCUT2D eigenvalue weighted by Gasteiger charge is -1.92. The first-order valence-corrected chi connectivity index (χ1v) is 4.24. The van der Waals surface area contributed by atoms with Gasteiger partial charge in [-0.05, 0) is 12.1 Å². The molecule has 2 heterocycles. The topological polar surface area (TPSA) is 93.4 Å². The smallest absolute Gasteiger partial charge is 0.218 e. The zero-order chi connectivity index (χ0) is 10.8. The van der Waals surface area contributed by atoms with Gasteiger partial charge in [-0.3, -0.25) is 4.98 Å². The van der Waals surface area contributed by atoms with Crippen LogP contribution in [0.15, 0.2) is 18.3 Å². The van der Waals surface area contributed by atoms with E-state index in [4.69, 9.17) is 11.0 Å². The number of aryl methyl sites for hydroxylation is 1. The van der Waals surface area contributed by atoms with Crippen LogP contribution in [-0.2, 0) is 7.05 Å². The molecule has 0 aliphatic carbocycles. The van der Waals surface area contributed by atoms with Crippen molar-refractivity contribution in [2.45, 2.75) is 0 Å². The Bertz CT molecular complexity index is 499. The molecule has 0 atom stereocenters. The van der Waals surface area contributed by atoms with Gasteiger partial charge in [-0.2, -0.15) is 10.2 Å². The van der Waals surface area contributed by atoms with Gasteiger partial charge in [-0.25, -0.2) is 4.68 Å². The highest BCUT2D eigenvalue weighted by molar-refractivity contribution is 5.51. The summed E-state index contributed by atoms with van der Waals surface area (Å²) < 4.78 is 1.47. The Morgan fingerprint density at radius 3 is 2.73 bits per heavy atom. The number of hydrogen-bond acceptors (Lipinski definition) is 5. The summed E-state index contributed by atoms with van der Waals surface area (Å²) in [4.78, 5) is 8.08. The highest BCUT2D eigenvalue weighted by atomic mass is 15.4. The predicted molar refractivity (Wildman–Crippen MR) is 53.4 cm³/mol. The molecule has 0 aliphatic heterocycles. The van der Waals surface area contributed by atoms with Crippen LogP contribution >= 0.6 is 0 Å². The molecule has 2 rings (SSSR count). The monoisotopic (exact) mass is 200 g/mol. The summed E-state index contributed by atoms with van der Waals surface area (Å²) in [6.07, 6.45) is 1.47. The zero-order valence-electron chi connectivity index (χ0n) is 8.05. The Balaban J connectivity index is 2.42. The summed E-state index contributed by atoms with van der Waals surface area (Å²) in [6.45, 7) is 0. The van der Waals surface area contributed by atoms with Crippen LogP contribution in [0.3, 0.4) is 0 Å². The largest absolute Gasteiger partial charge is 0.368 e. The first-order valence-electron chi connectivity index (χ1n) is 4.24. The van der Waals surface area contributed by atoms with Crippen molar-refractivity contribution in [2.24, 2.45) is 7.05 Å². The minimum absolute atomic E-state index is 0.330. The van der Waals surface area contributed by atoms with Gasteiger partial charge in [0.2, 0.25) is 11.8 Å². The highest BCUT2D eigenvalue weighted by Crippen LogP contribution is 2.13. The van der Waals surface area contributed by atoms with Crippen molar-refractivity contribution >= 4 is 5.95 Å². The SMILES string of the molecule is Cn1nc(-c2ccc(C#N)cn2)nc1N. The first-order chi connectivity index (χ1) is 7.20. The first kappa shape index (κ1) is 9.15. The standard InChI is InChI=1S/C9H8N6/c1-15-9(11)13-8(14-15)7-3-2-6(4-10)5-12-7/h2-3,5H,1H3,(H2,11,13,14). The summed E-state index contributed by atoms with van der Waals surface area (Å²) in [5, 5.41) is 12.7. The van der Waals surface area contributed by atoms with Gasteiger partial charge < -0.3 is 5.73 Å². The number of nitrogen functional groups attached to an aromatic ring is 1. The molecule has 0 bridgehead atoms. The molecule has 0 aliphatic rings. The second-order valence-electron chi connectivity index (χ2n) is 2.96.